The Morgan fingerprint density at radius 3 is 2.41 bits per heavy atom. The molecule has 0 radical (unpaired) electrons. The predicted molar refractivity (Wildman–Crippen MR) is 84.1 cm³/mol. The zero-order valence-electron chi connectivity index (χ0n) is 11.1. The topological polar surface area (TPSA) is 89.8 Å². The summed E-state index contributed by atoms with van der Waals surface area (Å²) in [4.78, 5) is 0.180. The van der Waals surface area contributed by atoms with Crippen molar-refractivity contribution >= 4 is 31.6 Å². The molecule has 0 fully saturated rings. The molecule has 22 heavy (non-hydrogen) atoms. The van der Waals surface area contributed by atoms with Crippen molar-refractivity contribution in [3.63, 3.8) is 0 Å². The van der Waals surface area contributed by atoms with E-state index in [2.05, 4.69) is 36.2 Å². The maximum Gasteiger partial charge on any atom is 0.263 e. The molecule has 0 aliphatic rings. The molecule has 0 amide bonds. The smallest absolute Gasteiger partial charge is 0.263 e. The molecule has 1 N–H and O–H groups in total. The number of hydrogen-bond donors (Lipinski definition) is 1. The third kappa shape index (κ3) is 3.00. The molecule has 3 rings (SSSR count). The minimum atomic E-state index is -3.65. The lowest BCUT2D eigenvalue weighted by Gasteiger charge is -2.10. The molecule has 0 bridgehead atoms. The Hall–Kier alpha value is -2.26. The summed E-state index contributed by atoms with van der Waals surface area (Å²) in [6, 6.07) is 13.3. The molecule has 7 nitrogen and oxygen atoms in total. The summed E-state index contributed by atoms with van der Waals surface area (Å²) in [5.41, 5.74) is 1.18. The summed E-state index contributed by atoms with van der Waals surface area (Å²) in [5.74, 6) is 0. The van der Waals surface area contributed by atoms with Crippen LogP contribution < -0.4 is 4.72 Å². The second-order valence-corrected chi connectivity index (χ2v) is 6.84. The number of hydrogen-bond acceptors (Lipinski definition) is 5. The first-order chi connectivity index (χ1) is 10.6. The number of benzene rings is 2. The average molecular weight is 380 g/mol. The summed E-state index contributed by atoms with van der Waals surface area (Å²) in [7, 11) is -3.65. The van der Waals surface area contributed by atoms with Gasteiger partial charge >= 0.3 is 0 Å². The van der Waals surface area contributed by atoms with E-state index in [1.54, 1.807) is 42.5 Å². The normalized spacial score (nSPS) is 11.3. The highest BCUT2D eigenvalue weighted by Crippen LogP contribution is 2.24. The minimum Gasteiger partial charge on any atom is -0.280 e. The Labute approximate surface area is 135 Å². The number of rotatable bonds is 4. The number of nitrogens with zero attached hydrogens (tertiary/aromatic N) is 4. The van der Waals surface area contributed by atoms with Crippen molar-refractivity contribution < 1.29 is 8.42 Å². The minimum absolute atomic E-state index is 0.180. The summed E-state index contributed by atoms with van der Waals surface area (Å²) in [6.07, 6.45) is 1.46. The Morgan fingerprint density at radius 2 is 1.77 bits per heavy atom. The monoisotopic (exact) mass is 379 g/mol. The van der Waals surface area contributed by atoms with Crippen LogP contribution >= 0.6 is 15.9 Å². The highest BCUT2D eigenvalue weighted by molar-refractivity contribution is 9.10. The van der Waals surface area contributed by atoms with Crippen LogP contribution in [0.15, 0.2) is 64.2 Å². The molecule has 3 aromatic rings. The van der Waals surface area contributed by atoms with Crippen LogP contribution in [0.25, 0.3) is 5.69 Å². The van der Waals surface area contributed by atoms with Gasteiger partial charge in [0.25, 0.3) is 10.0 Å². The van der Waals surface area contributed by atoms with Crippen LogP contribution in [0.1, 0.15) is 0 Å². The average Bonchev–Trinajstić information content (AvgIpc) is 3.02. The van der Waals surface area contributed by atoms with Crippen molar-refractivity contribution in [2.45, 2.75) is 4.90 Å². The van der Waals surface area contributed by atoms with Crippen molar-refractivity contribution in [3.8, 4) is 5.69 Å². The second-order valence-electron chi connectivity index (χ2n) is 4.34. The molecule has 1 heterocycles. The fraction of sp³-hybridized carbons (Fsp3) is 0. The molecular formula is C13H10BrN5O2S. The van der Waals surface area contributed by atoms with Gasteiger partial charge in [0.05, 0.1) is 5.69 Å². The van der Waals surface area contributed by atoms with E-state index in [4.69, 9.17) is 0 Å². The van der Waals surface area contributed by atoms with Gasteiger partial charge in [-0.15, -0.1) is 5.10 Å². The molecule has 0 aliphatic carbocycles. The molecule has 0 unspecified atom stereocenters. The molecule has 9 heteroatoms. The first-order valence-electron chi connectivity index (χ1n) is 6.17. The number of aromatic nitrogens is 4. The Bertz CT molecular complexity index is 879. The van der Waals surface area contributed by atoms with Crippen molar-refractivity contribution in [3.05, 3.63) is 59.3 Å². The number of halogens is 1. The van der Waals surface area contributed by atoms with Crippen molar-refractivity contribution in [1.29, 1.82) is 0 Å². The Balaban J connectivity index is 1.86. The highest BCUT2D eigenvalue weighted by atomic mass is 79.9. The summed E-state index contributed by atoms with van der Waals surface area (Å²) < 4.78 is 29.2. The van der Waals surface area contributed by atoms with Crippen molar-refractivity contribution in [2.75, 3.05) is 4.72 Å². The zero-order chi connectivity index (χ0) is 15.6. The SMILES string of the molecule is O=S(=O)(Nc1ccc(-n2cnnn2)cc1)c1ccccc1Br. The molecule has 0 saturated heterocycles. The molecule has 0 spiro atoms. The van der Waals surface area contributed by atoms with Gasteiger partial charge in [-0.25, -0.2) is 13.1 Å². The quantitative estimate of drug-likeness (QED) is 0.750. The van der Waals surface area contributed by atoms with Gasteiger partial charge in [-0.05, 0) is 62.8 Å². The third-order valence-corrected chi connectivity index (χ3v) is 5.25. The molecule has 0 aliphatic heterocycles. The molecular weight excluding hydrogens is 370 g/mol. The number of anilines is 1. The molecule has 0 saturated carbocycles. The summed E-state index contributed by atoms with van der Waals surface area (Å²) in [6.45, 7) is 0. The lowest BCUT2D eigenvalue weighted by molar-refractivity contribution is 0.601. The summed E-state index contributed by atoms with van der Waals surface area (Å²) in [5, 5.41) is 10.9. The fourth-order valence-electron chi connectivity index (χ4n) is 1.83. The highest BCUT2D eigenvalue weighted by Gasteiger charge is 2.17. The Morgan fingerprint density at radius 1 is 1.05 bits per heavy atom. The number of tetrazole rings is 1. The van der Waals surface area contributed by atoms with Gasteiger partial charge in [0.15, 0.2) is 0 Å². The van der Waals surface area contributed by atoms with E-state index in [1.165, 1.54) is 17.1 Å². The molecule has 0 atom stereocenters. The molecule has 112 valence electrons. The van der Waals surface area contributed by atoms with Crippen LogP contribution in [-0.2, 0) is 10.0 Å². The standard InChI is InChI=1S/C13H10BrN5O2S/c14-12-3-1-2-4-13(12)22(20,21)16-10-5-7-11(8-6-10)19-9-15-17-18-19/h1-9,16H. The fourth-order valence-corrected chi connectivity index (χ4v) is 3.90. The van der Waals surface area contributed by atoms with Gasteiger partial charge in [-0.3, -0.25) is 4.72 Å². The van der Waals surface area contributed by atoms with E-state index in [9.17, 15) is 8.42 Å². The van der Waals surface area contributed by atoms with E-state index in [0.717, 1.165) is 5.69 Å². The van der Waals surface area contributed by atoms with E-state index >= 15 is 0 Å². The number of sulfonamides is 1. The first kappa shape index (κ1) is 14.7. The van der Waals surface area contributed by atoms with Crippen LogP contribution in [0, 0.1) is 0 Å². The van der Waals surface area contributed by atoms with Gasteiger partial charge < -0.3 is 0 Å². The lowest BCUT2D eigenvalue weighted by atomic mass is 10.3. The predicted octanol–water partition coefficient (Wildman–Crippen LogP) is 2.23. The van der Waals surface area contributed by atoms with Crippen molar-refractivity contribution in [2.24, 2.45) is 0 Å². The molecule has 1 aromatic heterocycles. The van der Waals surface area contributed by atoms with Gasteiger partial charge in [0, 0.05) is 10.2 Å². The zero-order valence-corrected chi connectivity index (χ0v) is 13.5. The summed E-state index contributed by atoms with van der Waals surface area (Å²) >= 11 is 3.24. The molecule has 2 aromatic carbocycles. The maximum absolute atomic E-state index is 12.4. The van der Waals surface area contributed by atoms with Gasteiger partial charge in [0.1, 0.15) is 11.2 Å². The van der Waals surface area contributed by atoms with E-state index in [1.807, 2.05) is 0 Å². The van der Waals surface area contributed by atoms with Crippen LogP contribution in [0.4, 0.5) is 5.69 Å². The Kier molecular flexibility index (Phi) is 3.90. The van der Waals surface area contributed by atoms with Crippen LogP contribution in [-0.4, -0.2) is 28.6 Å². The van der Waals surface area contributed by atoms with E-state index in [0.29, 0.717) is 10.2 Å². The van der Waals surface area contributed by atoms with Crippen molar-refractivity contribution in [1.82, 2.24) is 20.2 Å². The van der Waals surface area contributed by atoms with E-state index in [-0.39, 0.29) is 4.90 Å². The lowest BCUT2D eigenvalue weighted by Crippen LogP contribution is -2.13. The number of nitrogens with one attached hydrogen (secondary N) is 1. The van der Waals surface area contributed by atoms with Crippen LogP contribution in [0.2, 0.25) is 0 Å². The largest absolute Gasteiger partial charge is 0.280 e. The van der Waals surface area contributed by atoms with Crippen LogP contribution in [0.5, 0.6) is 0 Å². The van der Waals surface area contributed by atoms with Gasteiger partial charge in [-0.1, -0.05) is 12.1 Å². The van der Waals surface area contributed by atoms with Gasteiger partial charge in [-0.2, -0.15) is 0 Å². The maximum atomic E-state index is 12.4. The first-order valence-corrected chi connectivity index (χ1v) is 8.45. The van der Waals surface area contributed by atoms with Gasteiger partial charge in [0.2, 0.25) is 0 Å². The second kappa shape index (κ2) is 5.85. The van der Waals surface area contributed by atoms with E-state index < -0.39 is 10.0 Å². The third-order valence-electron chi connectivity index (χ3n) is 2.86. The van der Waals surface area contributed by atoms with Crippen LogP contribution in [0.3, 0.4) is 0 Å².